The minimum absolute atomic E-state index is 0. The Morgan fingerprint density at radius 3 is 2.37 bits per heavy atom. The molecule has 0 aliphatic heterocycles. The third kappa shape index (κ3) is 5.30. The first-order chi connectivity index (χ1) is 8.25. The van der Waals surface area contributed by atoms with Crippen LogP contribution in [0.1, 0.15) is 36.9 Å². The van der Waals surface area contributed by atoms with Crippen LogP contribution in [-0.2, 0) is 6.18 Å². The Hall–Kier alpha value is -0.300. The number of halogens is 5. The van der Waals surface area contributed by atoms with Crippen molar-refractivity contribution in [2.75, 3.05) is 0 Å². The molecule has 2 nitrogen and oxygen atoms in total. The molecular weight excluding hydrogens is 346 g/mol. The average molecular weight is 363 g/mol. The molecule has 0 aliphatic rings. The number of hydrogen-bond acceptors (Lipinski definition) is 2. The normalized spacial score (nSPS) is 14.7. The molecule has 19 heavy (non-hydrogen) atoms. The van der Waals surface area contributed by atoms with E-state index in [0.29, 0.717) is 10.9 Å². The zero-order valence-electron chi connectivity index (χ0n) is 10.2. The quantitative estimate of drug-likeness (QED) is 0.849. The fraction of sp³-hybridized carbons (Fsp3) is 0.500. The lowest BCUT2D eigenvalue weighted by Crippen LogP contribution is -2.26. The van der Waals surface area contributed by atoms with E-state index in [9.17, 15) is 18.3 Å². The third-order valence-corrected chi connectivity index (χ3v) is 3.09. The van der Waals surface area contributed by atoms with Crippen molar-refractivity contribution in [2.45, 2.75) is 38.1 Å². The van der Waals surface area contributed by atoms with Crippen molar-refractivity contribution in [3.05, 3.63) is 33.8 Å². The predicted molar refractivity (Wildman–Crippen MR) is 74.2 cm³/mol. The van der Waals surface area contributed by atoms with E-state index in [0.717, 1.165) is 18.6 Å². The number of aliphatic hydroxyl groups excluding tert-OH is 1. The van der Waals surface area contributed by atoms with Gasteiger partial charge in [-0.2, -0.15) is 13.2 Å². The van der Waals surface area contributed by atoms with Crippen LogP contribution in [0, 0.1) is 0 Å². The summed E-state index contributed by atoms with van der Waals surface area (Å²) < 4.78 is 38.2. The molecule has 0 fully saturated rings. The fourth-order valence-electron chi connectivity index (χ4n) is 1.67. The van der Waals surface area contributed by atoms with E-state index in [2.05, 4.69) is 15.9 Å². The maximum atomic E-state index is 12.6. The molecule has 2 atom stereocenters. The number of benzene rings is 1. The van der Waals surface area contributed by atoms with E-state index in [-0.39, 0.29) is 18.0 Å². The van der Waals surface area contributed by atoms with Gasteiger partial charge in [0.25, 0.3) is 0 Å². The van der Waals surface area contributed by atoms with Crippen LogP contribution < -0.4 is 5.73 Å². The second-order valence-corrected chi connectivity index (χ2v) is 5.07. The lowest BCUT2D eigenvalue weighted by molar-refractivity contribution is -0.137. The van der Waals surface area contributed by atoms with E-state index in [1.54, 1.807) is 0 Å². The van der Waals surface area contributed by atoms with Crippen LogP contribution >= 0.6 is 28.3 Å². The molecule has 1 aromatic rings. The highest BCUT2D eigenvalue weighted by Gasteiger charge is 2.32. The van der Waals surface area contributed by atoms with E-state index in [1.165, 1.54) is 6.07 Å². The molecule has 0 radical (unpaired) electrons. The lowest BCUT2D eigenvalue weighted by atomic mass is 9.97. The summed E-state index contributed by atoms with van der Waals surface area (Å²) in [5.74, 6) is 0. The number of rotatable bonds is 4. The largest absolute Gasteiger partial charge is 0.416 e. The van der Waals surface area contributed by atoms with Gasteiger partial charge in [0.1, 0.15) is 0 Å². The van der Waals surface area contributed by atoms with Crippen molar-refractivity contribution < 1.29 is 18.3 Å². The summed E-state index contributed by atoms with van der Waals surface area (Å²) in [7, 11) is 0. The molecule has 110 valence electrons. The smallest absolute Gasteiger partial charge is 0.391 e. The first-order valence-corrected chi connectivity index (χ1v) is 6.36. The van der Waals surface area contributed by atoms with Crippen molar-refractivity contribution in [3.63, 3.8) is 0 Å². The monoisotopic (exact) mass is 361 g/mol. The molecule has 1 rings (SSSR count). The summed E-state index contributed by atoms with van der Waals surface area (Å²) in [6.45, 7) is 1.87. The Labute approximate surface area is 124 Å². The molecule has 3 N–H and O–H groups in total. The fourth-order valence-corrected chi connectivity index (χ4v) is 2.18. The van der Waals surface area contributed by atoms with E-state index >= 15 is 0 Å². The maximum Gasteiger partial charge on any atom is 0.416 e. The van der Waals surface area contributed by atoms with E-state index < -0.39 is 23.9 Å². The highest BCUT2D eigenvalue weighted by Crippen LogP contribution is 2.33. The number of nitrogens with two attached hydrogens (primary N) is 1. The minimum Gasteiger partial charge on any atom is -0.391 e. The van der Waals surface area contributed by atoms with Crippen LogP contribution in [0.5, 0.6) is 0 Å². The molecule has 0 bridgehead atoms. The molecule has 0 aliphatic carbocycles. The Bertz CT molecular complexity index is 414. The van der Waals surface area contributed by atoms with Crippen LogP contribution in [0.4, 0.5) is 13.2 Å². The standard InChI is InChI=1S/C12H15BrF3NO.ClH/c1-2-3-10(18)11(17)7-4-8(12(14,15)16)6-9(13)5-7;/h4-6,10-11,18H,2-3,17H2,1H3;1H/t10-,11+;/m0./s1. The highest BCUT2D eigenvalue weighted by atomic mass is 79.9. The summed E-state index contributed by atoms with van der Waals surface area (Å²) in [6.07, 6.45) is -4.09. The number of aliphatic hydroxyl groups is 1. The Balaban J connectivity index is 0.00000324. The van der Waals surface area contributed by atoms with Gasteiger partial charge >= 0.3 is 6.18 Å². The van der Waals surface area contributed by atoms with Crippen LogP contribution in [-0.4, -0.2) is 11.2 Å². The molecule has 0 aromatic heterocycles. The van der Waals surface area contributed by atoms with Gasteiger partial charge in [0, 0.05) is 4.47 Å². The molecule has 0 unspecified atom stereocenters. The van der Waals surface area contributed by atoms with E-state index in [4.69, 9.17) is 5.73 Å². The average Bonchev–Trinajstić information content (AvgIpc) is 2.26. The van der Waals surface area contributed by atoms with Gasteiger partial charge in [-0.1, -0.05) is 29.3 Å². The summed E-state index contributed by atoms with van der Waals surface area (Å²) in [5.41, 5.74) is 5.27. The second kappa shape index (κ2) is 7.47. The Kier molecular flexibility index (Phi) is 7.36. The van der Waals surface area contributed by atoms with Gasteiger partial charge in [-0.05, 0) is 30.2 Å². The summed E-state index contributed by atoms with van der Waals surface area (Å²) in [6, 6.07) is 2.65. The first kappa shape index (κ1) is 18.7. The van der Waals surface area contributed by atoms with Gasteiger partial charge in [0.15, 0.2) is 0 Å². The number of hydrogen-bond donors (Lipinski definition) is 2. The summed E-state index contributed by atoms with van der Waals surface area (Å²) >= 11 is 3.02. The van der Waals surface area contributed by atoms with Crippen molar-refractivity contribution in [1.29, 1.82) is 0 Å². The molecular formula is C12H16BrClF3NO. The Morgan fingerprint density at radius 1 is 1.32 bits per heavy atom. The zero-order chi connectivity index (χ0) is 13.9. The van der Waals surface area contributed by atoms with Crippen molar-refractivity contribution >= 4 is 28.3 Å². The molecule has 0 saturated heterocycles. The van der Waals surface area contributed by atoms with Gasteiger partial charge in [-0.15, -0.1) is 12.4 Å². The van der Waals surface area contributed by atoms with Crippen molar-refractivity contribution in [2.24, 2.45) is 5.73 Å². The third-order valence-electron chi connectivity index (χ3n) is 2.63. The Morgan fingerprint density at radius 2 is 1.89 bits per heavy atom. The molecule has 0 saturated carbocycles. The van der Waals surface area contributed by atoms with Gasteiger partial charge in [-0.3, -0.25) is 0 Å². The lowest BCUT2D eigenvalue weighted by Gasteiger charge is -2.20. The molecule has 0 spiro atoms. The highest BCUT2D eigenvalue weighted by molar-refractivity contribution is 9.10. The minimum atomic E-state index is -4.42. The molecule has 1 aromatic carbocycles. The summed E-state index contributed by atoms with van der Waals surface area (Å²) in [4.78, 5) is 0. The van der Waals surface area contributed by atoms with Gasteiger partial charge in [-0.25, -0.2) is 0 Å². The van der Waals surface area contributed by atoms with Crippen LogP contribution in [0.3, 0.4) is 0 Å². The zero-order valence-corrected chi connectivity index (χ0v) is 12.6. The van der Waals surface area contributed by atoms with Gasteiger partial charge < -0.3 is 10.8 Å². The number of alkyl halides is 3. The topological polar surface area (TPSA) is 46.2 Å². The van der Waals surface area contributed by atoms with Crippen molar-refractivity contribution in [3.8, 4) is 0 Å². The molecule has 7 heteroatoms. The molecule has 0 amide bonds. The molecule has 0 heterocycles. The van der Waals surface area contributed by atoms with Crippen LogP contribution in [0.2, 0.25) is 0 Å². The summed E-state index contributed by atoms with van der Waals surface area (Å²) in [5, 5.41) is 9.73. The second-order valence-electron chi connectivity index (χ2n) is 4.15. The first-order valence-electron chi connectivity index (χ1n) is 5.57. The van der Waals surface area contributed by atoms with Crippen LogP contribution in [0.15, 0.2) is 22.7 Å². The van der Waals surface area contributed by atoms with Crippen LogP contribution in [0.25, 0.3) is 0 Å². The SMILES string of the molecule is CCC[C@H](O)[C@H](N)c1cc(Br)cc(C(F)(F)F)c1.Cl. The van der Waals surface area contributed by atoms with Gasteiger partial charge in [0.2, 0.25) is 0 Å². The van der Waals surface area contributed by atoms with Crippen molar-refractivity contribution in [1.82, 2.24) is 0 Å². The van der Waals surface area contributed by atoms with E-state index in [1.807, 2.05) is 6.92 Å². The van der Waals surface area contributed by atoms with Gasteiger partial charge in [0.05, 0.1) is 17.7 Å². The predicted octanol–water partition coefficient (Wildman–Crippen LogP) is 4.05. The maximum absolute atomic E-state index is 12.6.